The lowest BCUT2D eigenvalue weighted by Gasteiger charge is -2.00. The van der Waals surface area contributed by atoms with Gasteiger partial charge in [0.05, 0.1) is 17.7 Å². The first-order valence-electron chi connectivity index (χ1n) is 4.41. The second-order valence-corrected chi connectivity index (χ2v) is 3.29. The van der Waals surface area contributed by atoms with Gasteiger partial charge in [-0.25, -0.2) is 0 Å². The lowest BCUT2D eigenvalue weighted by molar-refractivity contribution is 0.201. The lowest BCUT2D eigenvalue weighted by atomic mass is 10.1. The molecule has 2 rings (SSSR count). The van der Waals surface area contributed by atoms with Crippen molar-refractivity contribution in [2.75, 3.05) is 0 Å². The van der Waals surface area contributed by atoms with E-state index in [0.29, 0.717) is 5.56 Å². The number of H-pyrrole nitrogens is 1. The van der Waals surface area contributed by atoms with Crippen molar-refractivity contribution < 1.29 is 5.11 Å². The minimum Gasteiger partial charge on any atom is -0.389 e. The van der Waals surface area contributed by atoms with Crippen LogP contribution in [0.25, 0.3) is 10.9 Å². The van der Waals surface area contributed by atoms with Crippen LogP contribution in [0.5, 0.6) is 0 Å². The molecule has 3 heteroatoms. The van der Waals surface area contributed by atoms with Gasteiger partial charge in [0.2, 0.25) is 0 Å². The van der Waals surface area contributed by atoms with Crippen molar-refractivity contribution in [2.24, 2.45) is 0 Å². The van der Waals surface area contributed by atoms with Crippen LogP contribution in [0, 0.1) is 11.3 Å². The fourth-order valence-electron chi connectivity index (χ4n) is 1.56. The number of fused-ring (bicyclic) bond motifs is 1. The maximum atomic E-state index is 9.45. The van der Waals surface area contributed by atoms with E-state index >= 15 is 0 Å². The lowest BCUT2D eigenvalue weighted by Crippen LogP contribution is -1.87. The molecule has 0 saturated heterocycles. The first-order chi connectivity index (χ1) is 6.72. The summed E-state index contributed by atoms with van der Waals surface area (Å²) >= 11 is 0. The summed E-state index contributed by atoms with van der Waals surface area (Å²) in [5, 5.41) is 19.1. The standard InChI is InChI=1S/C11H10N2O/c1-7(14)10-6-13-11-4-8(5-12)2-3-9(10)11/h2-4,6-7,13-14H,1H3/t7-/m0/s1. The van der Waals surface area contributed by atoms with Gasteiger partial charge in [0.25, 0.3) is 0 Å². The average Bonchev–Trinajstić information content (AvgIpc) is 2.59. The van der Waals surface area contributed by atoms with Gasteiger partial charge in [-0.2, -0.15) is 5.26 Å². The molecular formula is C11H10N2O. The monoisotopic (exact) mass is 186 g/mol. The van der Waals surface area contributed by atoms with Gasteiger partial charge in [-0.05, 0) is 19.1 Å². The van der Waals surface area contributed by atoms with Crippen molar-refractivity contribution >= 4 is 10.9 Å². The van der Waals surface area contributed by atoms with Gasteiger partial charge in [-0.1, -0.05) is 6.07 Å². The smallest absolute Gasteiger partial charge is 0.0992 e. The van der Waals surface area contributed by atoms with E-state index in [0.717, 1.165) is 16.5 Å². The zero-order valence-corrected chi connectivity index (χ0v) is 7.78. The minimum atomic E-state index is -0.489. The molecule has 1 heterocycles. The van der Waals surface area contributed by atoms with Gasteiger partial charge < -0.3 is 10.1 Å². The van der Waals surface area contributed by atoms with E-state index in [1.807, 2.05) is 6.07 Å². The Bertz CT molecular complexity index is 505. The fourth-order valence-corrected chi connectivity index (χ4v) is 1.56. The Hall–Kier alpha value is -1.79. The van der Waals surface area contributed by atoms with Gasteiger partial charge in [-0.15, -0.1) is 0 Å². The molecule has 14 heavy (non-hydrogen) atoms. The predicted molar refractivity (Wildman–Crippen MR) is 53.6 cm³/mol. The number of rotatable bonds is 1. The van der Waals surface area contributed by atoms with E-state index < -0.39 is 6.10 Å². The Balaban J connectivity index is 2.67. The van der Waals surface area contributed by atoms with Gasteiger partial charge in [-0.3, -0.25) is 0 Å². The summed E-state index contributed by atoms with van der Waals surface area (Å²) in [5.74, 6) is 0. The molecule has 0 radical (unpaired) electrons. The normalized spacial score (nSPS) is 12.6. The predicted octanol–water partition coefficient (Wildman–Crippen LogP) is 2.09. The molecule has 0 unspecified atom stereocenters. The molecule has 0 aliphatic rings. The molecule has 70 valence electrons. The summed E-state index contributed by atoms with van der Waals surface area (Å²) < 4.78 is 0. The highest BCUT2D eigenvalue weighted by atomic mass is 16.3. The van der Waals surface area contributed by atoms with E-state index in [1.165, 1.54) is 0 Å². The summed E-state index contributed by atoms with van der Waals surface area (Å²) in [6.07, 6.45) is 1.29. The van der Waals surface area contributed by atoms with E-state index in [-0.39, 0.29) is 0 Å². The third kappa shape index (κ3) is 1.26. The second-order valence-electron chi connectivity index (χ2n) is 3.29. The van der Waals surface area contributed by atoms with Gasteiger partial charge in [0.1, 0.15) is 0 Å². The molecule has 0 saturated carbocycles. The summed E-state index contributed by atoms with van der Waals surface area (Å²) in [6.45, 7) is 1.72. The van der Waals surface area contributed by atoms with E-state index in [1.54, 1.807) is 25.3 Å². The van der Waals surface area contributed by atoms with Crippen LogP contribution in [0.1, 0.15) is 24.2 Å². The number of benzene rings is 1. The molecule has 2 aromatic rings. The topological polar surface area (TPSA) is 59.8 Å². The summed E-state index contributed by atoms with van der Waals surface area (Å²) in [7, 11) is 0. The molecule has 2 N–H and O–H groups in total. The van der Waals surface area contributed by atoms with Crippen LogP contribution < -0.4 is 0 Å². The Morgan fingerprint density at radius 1 is 1.50 bits per heavy atom. The number of nitriles is 1. The Labute approximate surface area is 81.6 Å². The quantitative estimate of drug-likeness (QED) is 0.716. The molecular weight excluding hydrogens is 176 g/mol. The van der Waals surface area contributed by atoms with Crippen molar-refractivity contribution in [3.8, 4) is 6.07 Å². The van der Waals surface area contributed by atoms with Crippen LogP contribution in [0.15, 0.2) is 24.4 Å². The number of hydrogen-bond donors (Lipinski definition) is 2. The molecule has 0 aliphatic carbocycles. The van der Waals surface area contributed by atoms with Crippen molar-refractivity contribution in [2.45, 2.75) is 13.0 Å². The van der Waals surface area contributed by atoms with Crippen LogP contribution in [0.2, 0.25) is 0 Å². The van der Waals surface area contributed by atoms with E-state index in [9.17, 15) is 5.11 Å². The number of aliphatic hydroxyl groups excluding tert-OH is 1. The van der Waals surface area contributed by atoms with Crippen LogP contribution in [0.4, 0.5) is 0 Å². The largest absolute Gasteiger partial charge is 0.389 e. The second kappa shape index (κ2) is 3.17. The number of hydrogen-bond acceptors (Lipinski definition) is 2. The van der Waals surface area contributed by atoms with Crippen LogP contribution >= 0.6 is 0 Å². The molecule has 1 aromatic heterocycles. The molecule has 0 amide bonds. The first-order valence-corrected chi connectivity index (χ1v) is 4.41. The number of aliphatic hydroxyl groups is 1. The third-order valence-electron chi connectivity index (χ3n) is 2.29. The van der Waals surface area contributed by atoms with Gasteiger partial charge in [0.15, 0.2) is 0 Å². The van der Waals surface area contributed by atoms with Crippen molar-refractivity contribution in [1.82, 2.24) is 4.98 Å². The van der Waals surface area contributed by atoms with Crippen molar-refractivity contribution in [3.05, 3.63) is 35.5 Å². The van der Waals surface area contributed by atoms with E-state index in [2.05, 4.69) is 11.1 Å². The van der Waals surface area contributed by atoms with Crippen LogP contribution in [-0.4, -0.2) is 10.1 Å². The fraction of sp³-hybridized carbons (Fsp3) is 0.182. The van der Waals surface area contributed by atoms with Crippen molar-refractivity contribution in [1.29, 1.82) is 5.26 Å². The Kier molecular flexibility index (Phi) is 1.99. The SMILES string of the molecule is C[C@H](O)c1c[nH]c2cc(C#N)ccc12. The van der Waals surface area contributed by atoms with Crippen LogP contribution in [-0.2, 0) is 0 Å². The molecule has 0 fully saturated rings. The number of nitrogens with one attached hydrogen (secondary N) is 1. The maximum absolute atomic E-state index is 9.45. The first kappa shape index (κ1) is 8.79. The molecule has 0 aliphatic heterocycles. The highest BCUT2D eigenvalue weighted by Crippen LogP contribution is 2.24. The van der Waals surface area contributed by atoms with Gasteiger partial charge in [0, 0.05) is 22.7 Å². The zero-order chi connectivity index (χ0) is 10.1. The molecule has 1 atom stereocenters. The summed E-state index contributed by atoms with van der Waals surface area (Å²) in [6, 6.07) is 7.46. The minimum absolute atomic E-state index is 0.489. The highest BCUT2D eigenvalue weighted by molar-refractivity contribution is 5.84. The maximum Gasteiger partial charge on any atom is 0.0992 e. The van der Waals surface area contributed by atoms with Crippen molar-refractivity contribution in [3.63, 3.8) is 0 Å². The average molecular weight is 186 g/mol. The van der Waals surface area contributed by atoms with Gasteiger partial charge >= 0.3 is 0 Å². The highest BCUT2D eigenvalue weighted by Gasteiger charge is 2.08. The molecule has 3 nitrogen and oxygen atoms in total. The Morgan fingerprint density at radius 2 is 2.29 bits per heavy atom. The number of aromatic nitrogens is 1. The zero-order valence-electron chi connectivity index (χ0n) is 7.78. The molecule has 0 bridgehead atoms. The molecule has 0 spiro atoms. The summed E-state index contributed by atoms with van der Waals surface area (Å²) in [5.41, 5.74) is 2.38. The van der Waals surface area contributed by atoms with E-state index in [4.69, 9.17) is 5.26 Å². The molecule has 1 aromatic carbocycles. The number of nitrogens with zero attached hydrogens (tertiary/aromatic N) is 1. The summed E-state index contributed by atoms with van der Waals surface area (Å²) in [4.78, 5) is 3.03. The van der Waals surface area contributed by atoms with Crippen LogP contribution in [0.3, 0.4) is 0 Å². The Morgan fingerprint density at radius 3 is 2.93 bits per heavy atom. The number of aromatic amines is 1. The third-order valence-corrected chi connectivity index (χ3v) is 2.29.